The van der Waals surface area contributed by atoms with Gasteiger partial charge >= 0.3 is 12.1 Å². The van der Waals surface area contributed by atoms with Crippen molar-refractivity contribution in [2.75, 3.05) is 13.2 Å². The van der Waals surface area contributed by atoms with Crippen molar-refractivity contribution in [1.82, 2.24) is 15.2 Å². The number of halogens is 3. The number of alkyl halides is 3. The SMILES string of the molecule is Cc1ncsc1-c1ccc([C@H](CO)NC(=O)[C@@H]2C[C@@H](O)CN2C(=O)[C@@H](N)C(C)(C)C)cc1.O=C(O)C(F)(F)F. The quantitative estimate of drug-likeness (QED) is 0.350. The maximum Gasteiger partial charge on any atom is 0.490 e. The van der Waals surface area contributed by atoms with Gasteiger partial charge in [-0.25, -0.2) is 9.78 Å². The van der Waals surface area contributed by atoms with E-state index in [4.69, 9.17) is 15.6 Å². The highest BCUT2D eigenvalue weighted by Crippen LogP contribution is 2.29. The van der Waals surface area contributed by atoms with Crippen LogP contribution in [0.25, 0.3) is 10.4 Å². The molecule has 1 aliphatic heterocycles. The van der Waals surface area contributed by atoms with Crippen LogP contribution in [0, 0.1) is 12.3 Å². The average Bonchev–Trinajstić information content (AvgIpc) is 3.46. The van der Waals surface area contributed by atoms with Crippen LogP contribution in [0.15, 0.2) is 29.8 Å². The Hall–Kier alpha value is -3.07. The molecule has 1 aromatic heterocycles. The molecule has 1 saturated heterocycles. The van der Waals surface area contributed by atoms with Crippen molar-refractivity contribution in [3.63, 3.8) is 0 Å². The summed E-state index contributed by atoms with van der Waals surface area (Å²) in [4.78, 5) is 41.6. The Morgan fingerprint density at radius 1 is 1.21 bits per heavy atom. The molecule has 3 rings (SSSR count). The van der Waals surface area contributed by atoms with Crippen LogP contribution in [0.2, 0.25) is 0 Å². The molecule has 0 unspecified atom stereocenters. The number of rotatable bonds is 6. The molecule has 6 N–H and O–H groups in total. The lowest BCUT2D eigenvalue weighted by Crippen LogP contribution is -2.55. The first kappa shape index (κ1) is 32.1. The molecule has 2 amide bonds. The Morgan fingerprint density at radius 3 is 2.21 bits per heavy atom. The van der Waals surface area contributed by atoms with Crippen molar-refractivity contribution in [2.24, 2.45) is 11.1 Å². The minimum absolute atomic E-state index is 0.0629. The van der Waals surface area contributed by atoms with Crippen molar-refractivity contribution in [3.8, 4) is 10.4 Å². The van der Waals surface area contributed by atoms with Crippen LogP contribution in [0.5, 0.6) is 0 Å². The second kappa shape index (κ2) is 12.9. The van der Waals surface area contributed by atoms with Crippen molar-refractivity contribution in [3.05, 3.63) is 41.0 Å². The van der Waals surface area contributed by atoms with Gasteiger partial charge in [0, 0.05) is 13.0 Å². The number of carbonyl (C=O) groups excluding carboxylic acids is 2. The third kappa shape index (κ3) is 8.46. The Morgan fingerprint density at radius 2 is 1.77 bits per heavy atom. The number of hydrogen-bond donors (Lipinski definition) is 5. The summed E-state index contributed by atoms with van der Waals surface area (Å²) in [6.45, 7) is 7.29. The molecule has 39 heavy (non-hydrogen) atoms. The van der Waals surface area contributed by atoms with Gasteiger partial charge in [-0.2, -0.15) is 13.2 Å². The van der Waals surface area contributed by atoms with E-state index in [1.165, 1.54) is 4.90 Å². The highest BCUT2D eigenvalue weighted by molar-refractivity contribution is 7.13. The van der Waals surface area contributed by atoms with Gasteiger partial charge in [0.2, 0.25) is 11.8 Å². The third-order valence-corrected chi connectivity index (χ3v) is 7.10. The summed E-state index contributed by atoms with van der Waals surface area (Å²) in [5.41, 5.74) is 10.2. The molecule has 1 aromatic carbocycles. The first-order chi connectivity index (χ1) is 18.0. The van der Waals surface area contributed by atoms with Crippen LogP contribution < -0.4 is 11.1 Å². The van der Waals surface area contributed by atoms with Crippen molar-refractivity contribution < 1.29 is 42.9 Å². The Bertz CT molecular complexity index is 1150. The first-order valence-electron chi connectivity index (χ1n) is 11.9. The number of benzene rings is 1. The monoisotopic (exact) mass is 574 g/mol. The van der Waals surface area contributed by atoms with Gasteiger partial charge in [-0.15, -0.1) is 11.3 Å². The molecule has 2 aromatic rings. The fourth-order valence-electron chi connectivity index (χ4n) is 3.80. The second-order valence-electron chi connectivity index (χ2n) is 10.2. The number of nitrogens with one attached hydrogen (secondary N) is 1. The van der Waals surface area contributed by atoms with Crippen LogP contribution in [0.1, 0.15) is 44.5 Å². The normalized spacial score (nSPS) is 19.1. The predicted octanol–water partition coefficient (Wildman–Crippen LogP) is 2.24. The summed E-state index contributed by atoms with van der Waals surface area (Å²) in [6.07, 6.45) is -5.74. The number of nitrogens with zero attached hydrogens (tertiary/aromatic N) is 2. The zero-order valence-corrected chi connectivity index (χ0v) is 22.7. The molecular weight excluding hydrogens is 541 g/mol. The standard InChI is InChI=1S/C23H32N4O4S.C2HF3O2/c1-13-19(32-12-25-13)15-7-5-14(6-8-15)17(11-28)26-21(30)18-9-16(29)10-27(18)22(31)20(24)23(2,3)4;3-2(4,5)1(6)7/h5-8,12,16-18,20,28-29H,9-11,24H2,1-4H3,(H,26,30);(H,6,7)/t16-,17+,18+,20-;/m1./s1. The minimum atomic E-state index is -5.08. The maximum absolute atomic E-state index is 13.0. The molecule has 0 bridgehead atoms. The molecule has 1 fully saturated rings. The molecule has 1 aliphatic rings. The third-order valence-electron chi connectivity index (χ3n) is 6.13. The summed E-state index contributed by atoms with van der Waals surface area (Å²) in [6, 6.07) is 5.32. The van der Waals surface area contributed by atoms with Crippen LogP contribution in [-0.4, -0.2) is 80.5 Å². The summed E-state index contributed by atoms with van der Waals surface area (Å²) < 4.78 is 31.7. The van der Waals surface area contributed by atoms with Gasteiger partial charge in [0.05, 0.1) is 40.9 Å². The van der Waals surface area contributed by atoms with E-state index in [9.17, 15) is 33.0 Å². The second-order valence-corrected chi connectivity index (χ2v) is 11.0. The molecule has 0 spiro atoms. The molecule has 216 valence electrons. The van der Waals surface area contributed by atoms with E-state index in [2.05, 4.69) is 10.3 Å². The van der Waals surface area contributed by atoms with Gasteiger partial charge in [-0.3, -0.25) is 9.59 Å². The summed E-state index contributed by atoms with van der Waals surface area (Å²) in [5, 5.41) is 30.0. The highest BCUT2D eigenvalue weighted by atomic mass is 32.1. The molecule has 0 radical (unpaired) electrons. The fourth-order valence-corrected chi connectivity index (χ4v) is 4.61. The number of thiazole rings is 1. The fraction of sp³-hybridized carbons (Fsp3) is 0.520. The minimum Gasteiger partial charge on any atom is -0.475 e. The van der Waals surface area contributed by atoms with Gasteiger partial charge in [0.1, 0.15) is 6.04 Å². The number of likely N-dealkylation sites (tertiary alicyclic amines) is 1. The van der Waals surface area contributed by atoms with Crippen molar-refractivity contribution in [1.29, 1.82) is 0 Å². The number of nitrogens with two attached hydrogens (primary N) is 1. The molecule has 14 heteroatoms. The van der Waals surface area contributed by atoms with E-state index < -0.39 is 47.7 Å². The number of aryl methyl sites for hydroxylation is 1. The number of carbonyl (C=O) groups is 3. The van der Waals surface area contributed by atoms with E-state index in [1.54, 1.807) is 16.8 Å². The molecule has 0 aliphatic carbocycles. The number of amides is 2. The van der Waals surface area contributed by atoms with Crippen LogP contribution >= 0.6 is 11.3 Å². The highest BCUT2D eigenvalue weighted by Gasteiger charge is 2.43. The van der Waals surface area contributed by atoms with Gasteiger partial charge < -0.3 is 31.3 Å². The van der Waals surface area contributed by atoms with Crippen molar-refractivity contribution in [2.45, 2.75) is 64.5 Å². The van der Waals surface area contributed by atoms with Crippen molar-refractivity contribution >= 4 is 29.1 Å². The van der Waals surface area contributed by atoms with Crippen LogP contribution in [-0.2, 0) is 14.4 Å². The number of aliphatic carboxylic acids is 1. The maximum atomic E-state index is 13.0. The number of β-amino-alcohol motifs (C(OH)–C–C–N with tert-alkyl or cyclic N) is 1. The van der Waals surface area contributed by atoms with Crippen LogP contribution in [0.3, 0.4) is 0 Å². The number of aliphatic hydroxyl groups is 2. The number of carboxylic acid groups (broad SMARTS) is 1. The summed E-state index contributed by atoms with van der Waals surface area (Å²) in [7, 11) is 0. The zero-order valence-electron chi connectivity index (χ0n) is 21.9. The van der Waals surface area contributed by atoms with Gasteiger partial charge in [-0.05, 0) is 23.5 Å². The number of aliphatic hydroxyl groups excluding tert-OH is 2. The zero-order chi connectivity index (χ0) is 29.7. The van der Waals surface area contributed by atoms with Gasteiger partial charge in [0.15, 0.2) is 0 Å². The molecule has 4 atom stereocenters. The lowest BCUT2D eigenvalue weighted by atomic mass is 9.86. The molecular formula is C25H33F3N4O6S. The number of aromatic nitrogens is 1. The van der Waals surface area contributed by atoms with E-state index in [0.717, 1.165) is 21.7 Å². The summed E-state index contributed by atoms with van der Waals surface area (Å²) in [5.74, 6) is -3.54. The smallest absolute Gasteiger partial charge is 0.475 e. The number of carboxylic acids is 1. The van der Waals surface area contributed by atoms with E-state index in [1.807, 2.05) is 52.0 Å². The lowest BCUT2D eigenvalue weighted by Gasteiger charge is -2.33. The molecule has 0 saturated carbocycles. The number of hydrogen-bond acceptors (Lipinski definition) is 8. The van der Waals surface area contributed by atoms with E-state index >= 15 is 0 Å². The Labute approximate surface area is 227 Å². The van der Waals surface area contributed by atoms with E-state index in [-0.39, 0.29) is 25.5 Å². The Kier molecular flexibility index (Phi) is 10.6. The average molecular weight is 575 g/mol. The van der Waals surface area contributed by atoms with Crippen LogP contribution in [0.4, 0.5) is 13.2 Å². The Balaban J connectivity index is 0.000000673. The topological polar surface area (TPSA) is 166 Å². The summed E-state index contributed by atoms with van der Waals surface area (Å²) >= 11 is 1.56. The predicted molar refractivity (Wildman–Crippen MR) is 138 cm³/mol. The lowest BCUT2D eigenvalue weighted by molar-refractivity contribution is -0.192. The first-order valence-corrected chi connectivity index (χ1v) is 12.8. The van der Waals surface area contributed by atoms with E-state index in [0.29, 0.717) is 0 Å². The van der Waals surface area contributed by atoms with Gasteiger partial charge in [-0.1, -0.05) is 45.0 Å². The molecule has 10 nitrogen and oxygen atoms in total. The molecule has 2 heterocycles. The van der Waals surface area contributed by atoms with Gasteiger partial charge in [0.25, 0.3) is 0 Å². The largest absolute Gasteiger partial charge is 0.490 e.